The van der Waals surface area contributed by atoms with Gasteiger partial charge in [0.15, 0.2) is 45.8 Å². The standard InChI is InChI=1S/C31H29F2N5O4.C30H27ClFN5O4.C30H27F2N5O4/c1-5-22(40)36-12-13-37-18(14-36)15-42-28-24-29(37)35-31(41)38(27-17(4)8-6-9-19(27)16(2)3)30(24)34-26(25(28)33)23-20(32)10-7-11-21(23)39;1-4-22(39)35-12-13-36-17(14-35)15-41-27-24-28(36)34-30(40)37(20-10-6-5-8-18(20)16(2)3)29(24)33-26(25(27)31)23-19(32)9-7-11-21(23)38;1-4-22(39)35-12-13-36-17(14-35)15-41-27-24-28(36)34-30(40)37(20-10-6-5-8-18(20)16(2)3)29(24)33-26(25(27)32)23-19(31)9-7-11-21(23)38/h5-11,16,18,39H,1,12-15H2,2-4H3;2*4-11,16-17,38H,1,12-15H2,2-3H3. The van der Waals surface area contributed by atoms with Crippen LogP contribution in [-0.2, 0) is 14.4 Å². The van der Waals surface area contributed by atoms with E-state index in [0.717, 1.165) is 34.4 Å². The van der Waals surface area contributed by atoms with Gasteiger partial charge in [0.25, 0.3) is 0 Å². The maximum atomic E-state index is 16.4. The zero-order valence-electron chi connectivity index (χ0n) is 68.3. The van der Waals surface area contributed by atoms with Crippen LogP contribution >= 0.6 is 11.6 Å². The van der Waals surface area contributed by atoms with Crippen molar-refractivity contribution in [2.45, 2.75) is 84.3 Å². The average molecular weight is 1710 g/mol. The van der Waals surface area contributed by atoms with Gasteiger partial charge in [-0.2, -0.15) is 15.0 Å². The van der Waals surface area contributed by atoms with E-state index in [2.05, 4.69) is 44.7 Å². The van der Waals surface area contributed by atoms with Crippen molar-refractivity contribution in [2.24, 2.45) is 0 Å². The number of anilines is 3. The fraction of sp³-hybridized carbons (Fsp3) is 0.275. The molecule has 6 aromatic heterocycles. The highest BCUT2D eigenvalue weighted by molar-refractivity contribution is 6.36. The van der Waals surface area contributed by atoms with Crippen molar-refractivity contribution in [3.8, 4) is 85.3 Å². The van der Waals surface area contributed by atoms with E-state index in [1.165, 1.54) is 74.4 Å². The third-order valence-corrected chi connectivity index (χ3v) is 23.4. The van der Waals surface area contributed by atoms with Crippen molar-refractivity contribution in [3.05, 3.63) is 247 Å². The molecule has 3 N–H and O–H groups in total. The van der Waals surface area contributed by atoms with Gasteiger partial charge in [-0.25, -0.2) is 65.0 Å². The lowest BCUT2D eigenvalue weighted by atomic mass is 9.98. The average Bonchev–Trinajstić information content (AvgIpc) is 1.33. The van der Waals surface area contributed by atoms with E-state index in [0.29, 0.717) is 74.1 Å². The molecule has 6 aliphatic rings. The molecule has 0 aliphatic carbocycles. The molecule has 18 rings (SSSR count). The minimum Gasteiger partial charge on any atom is -0.507 e. The number of carbonyl (C=O) groups is 3. The second-order valence-corrected chi connectivity index (χ2v) is 31.9. The Morgan fingerprint density at radius 3 is 1.12 bits per heavy atom. The zero-order valence-corrected chi connectivity index (χ0v) is 69.1. The van der Waals surface area contributed by atoms with Crippen molar-refractivity contribution in [1.82, 2.24) is 58.3 Å². The molecule has 3 unspecified atom stereocenters. The number of ether oxygens (including phenoxy) is 3. The molecule has 27 nitrogen and oxygen atoms in total. The van der Waals surface area contributed by atoms with Crippen LogP contribution in [0.3, 0.4) is 0 Å². The Kier molecular flexibility index (Phi) is 22.5. The Morgan fingerprint density at radius 1 is 0.427 bits per heavy atom. The van der Waals surface area contributed by atoms with Gasteiger partial charge in [0, 0.05) is 58.9 Å². The number of aromatic hydroxyl groups is 3. The number of amides is 3. The van der Waals surface area contributed by atoms with Crippen LogP contribution < -0.4 is 46.0 Å². The first-order chi connectivity index (χ1) is 59.5. The summed E-state index contributed by atoms with van der Waals surface area (Å²) in [5, 5.41) is 32.4. The predicted molar refractivity (Wildman–Crippen MR) is 459 cm³/mol. The van der Waals surface area contributed by atoms with Gasteiger partial charge in [-0.1, -0.05) is 146 Å². The number of halogens is 6. The summed E-state index contributed by atoms with van der Waals surface area (Å²) in [6.45, 7) is 27.3. The molecular weight excluding hydrogens is 1630 g/mol. The number of hydrogen-bond donors (Lipinski definition) is 3. The lowest BCUT2D eigenvalue weighted by Crippen LogP contribution is -2.56. The molecule has 124 heavy (non-hydrogen) atoms. The zero-order chi connectivity index (χ0) is 87.9. The highest BCUT2D eigenvalue weighted by atomic mass is 35.5. The van der Waals surface area contributed by atoms with E-state index in [-0.39, 0.29) is 153 Å². The second kappa shape index (κ2) is 33.4. The van der Waals surface area contributed by atoms with Crippen LogP contribution in [0.4, 0.5) is 39.4 Å². The van der Waals surface area contributed by atoms with Gasteiger partial charge in [-0.3, -0.25) is 14.4 Å². The van der Waals surface area contributed by atoms with Crippen LogP contribution in [0.2, 0.25) is 5.02 Å². The summed E-state index contributed by atoms with van der Waals surface area (Å²) in [5.74, 6) is -6.23. The third-order valence-electron chi connectivity index (χ3n) is 23.1. The number of benzene rings is 6. The number of aryl methyl sites for hydroxylation is 1. The molecule has 3 fully saturated rings. The molecule has 6 aromatic carbocycles. The Labute approximate surface area is 710 Å². The first kappa shape index (κ1) is 83.6. The largest absolute Gasteiger partial charge is 0.507 e. The van der Waals surface area contributed by atoms with E-state index < -0.39 is 92.3 Å². The number of piperazine rings is 3. The first-order valence-corrected chi connectivity index (χ1v) is 40.5. The van der Waals surface area contributed by atoms with Gasteiger partial charge in [0.05, 0.1) is 51.9 Å². The molecule has 6 aliphatic heterocycles. The van der Waals surface area contributed by atoms with Crippen molar-refractivity contribution in [2.75, 3.05) is 93.4 Å². The number of carbonyl (C=O) groups excluding carboxylic acids is 3. The van der Waals surface area contributed by atoms with E-state index >= 15 is 22.0 Å². The highest BCUT2D eigenvalue weighted by Crippen LogP contribution is 2.50. The first-order valence-electron chi connectivity index (χ1n) is 40.2. The number of hydrogen-bond acceptors (Lipinski definition) is 21. The number of pyridine rings is 3. The Hall–Kier alpha value is -14.0. The van der Waals surface area contributed by atoms with Gasteiger partial charge in [-0.05, 0) is 114 Å². The number of fused-ring (bicyclic) bond motifs is 6. The quantitative estimate of drug-likeness (QED) is 0.0756. The van der Waals surface area contributed by atoms with Crippen LogP contribution in [0.1, 0.15) is 81.5 Å². The third kappa shape index (κ3) is 14.5. The lowest BCUT2D eigenvalue weighted by molar-refractivity contribution is -0.127. The monoisotopic (exact) mass is 1710 g/mol. The summed E-state index contributed by atoms with van der Waals surface area (Å²) in [6.07, 6.45) is 3.72. The fourth-order valence-electron chi connectivity index (χ4n) is 17.1. The number of phenols is 3. The van der Waals surface area contributed by atoms with Crippen LogP contribution in [0.25, 0.3) is 83.9 Å². The Morgan fingerprint density at radius 2 is 0.750 bits per heavy atom. The molecular formula is C91H83ClF5N15O12. The molecule has 12 aromatic rings. The SMILES string of the molecule is C=CC(=O)N1CCN2c3nc(=O)n(-c4c(C)cccc4C(C)C)c4nc(-c5c(O)cccc5F)c(F)c(c34)OCC2C1.C=CC(=O)N1CCN2c3nc(=O)n(-c4ccccc4C(C)C)c4nc(-c5c(O)cccc5F)c(Cl)c(c34)OCC2C1.C=CC(=O)N1CCN2c3nc(=O)n(-c4ccccc4C(C)C)c4nc(-c5c(O)cccc5F)c(F)c(c34)OCC2C1. The Balaban J connectivity index is 0.000000137. The summed E-state index contributed by atoms with van der Waals surface area (Å²) in [6, 6.07) is 30.2. The van der Waals surface area contributed by atoms with Crippen LogP contribution in [0.15, 0.2) is 174 Å². The van der Waals surface area contributed by atoms with Gasteiger partial charge >= 0.3 is 17.1 Å². The van der Waals surface area contributed by atoms with Crippen molar-refractivity contribution in [1.29, 1.82) is 0 Å². The minimum atomic E-state index is -0.998. The van der Waals surface area contributed by atoms with Crippen molar-refractivity contribution in [3.63, 3.8) is 0 Å². The number of aromatic nitrogens is 9. The topological polar surface area (TPSA) is 302 Å². The molecule has 0 spiro atoms. The van der Waals surface area contributed by atoms with Gasteiger partial charge in [0.2, 0.25) is 17.7 Å². The summed E-state index contributed by atoms with van der Waals surface area (Å²) < 4.78 is 101. The van der Waals surface area contributed by atoms with Crippen LogP contribution in [-0.4, -0.2) is 188 Å². The van der Waals surface area contributed by atoms with Crippen molar-refractivity contribution < 1.29 is 65.9 Å². The minimum absolute atomic E-state index is 0.00307. The van der Waals surface area contributed by atoms with E-state index in [4.69, 9.17) is 30.8 Å². The van der Waals surface area contributed by atoms with Gasteiger partial charge in [-0.15, -0.1) is 0 Å². The number of para-hydroxylation sites is 3. The molecule has 33 heteroatoms. The maximum absolute atomic E-state index is 16.4. The summed E-state index contributed by atoms with van der Waals surface area (Å²) in [5.41, 5.74) is 0.966. The van der Waals surface area contributed by atoms with Crippen molar-refractivity contribution >= 4 is 79.9 Å². The van der Waals surface area contributed by atoms with Gasteiger partial charge < -0.3 is 58.9 Å². The van der Waals surface area contributed by atoms with Gasteiger partial charge in [0.1, 0.15) is 110 Å². The summed E-state index contributed by atoms with van der Waals surface area (Å²) in [4.78, 5) is 117. The van der Waals surface area contributed by atoms with Crippen LogP contribution in [0, 0.1) is 36.0 Å². The number of rotatable bonds is 12. The molecule has 0 radical (unpaired) electrons. The Bertz CT molecular complexity index is 6340. The highest BCUT2D eigenvalue weighted by Gasteiger charge is 2.43. The van der Waals surface area contributed by atoms with E-state index in [1.807, 2.05) is 112 Å². The molecule has 12 heterocycles. The molecule has 0 bridgehead atoms. The van der Waals surface area contributed by atoms with E-state index in [9.17, 15) is 44.1 Å². The maximum Gasteiger partial charge on any atom is 0.355 e. The molecule has 3 amide bonds. The smallest absolute Gasteiger partial charge is 0.355 e. The second-order valence-electron chi connectivity index (χ2n) is 31.5. The van der Waals surface area contributed by atoms with Crippen LogP contribution in [0.5, 0.6) is 34.5 Å². The molecule has 636 valence electrons. The number of phenolic OH excluding ortho intramolecular Hbond substituents is 3. The number of nitrogens with zero attached hydrogens (tertiary/aromatic N) is 15. The lowest BCUT2D eigenvalue weighted by Gasteiger charge is -2.40. The molecule has 3 saturated heterocycles. The molecule has 0 saturated carbocycles. The normalized spacial score (nSPS) is 16.3. The van der Waals surface area contributed by atoms with E-state index in [1.54, 1.807) is 32.9 Å². The summed E-state index contributed by atoms with van der Waals surface area (Å²) in [7, 11) is 0. The molecule has 3 atom stereocenters. The summed E-state index contributed by atoms with van der Waals surface area (Å²) >= 11 is 6.89. The predicted octanol–water partition coefficient (Wildman–Crippen LogP) is 13.3. The fourth-order valence-corrected chi connectivity index (χ4v) is 17.4.